The molecule has 1 fully saturated rings. The van der Waals surface area contributed by atoms with Crippen molar-refractivity contribution < 1.29 is 19.1 Å². The van der Waals surface area contributed by atoms with Crippen LogP contribution in [0.15, 0.2) is 48.5 Å². The smallest absolute Gasteiger partial charge is 0.225 e. The van der Waals surface area contributed by atoms with Gasteiger partial charge in [-0.3, -0.25) is 9.59 Å². The number of hydrogen-bond acceptors (Lipinski definition) is 4. The fraction of sp³-hybridized carbons (Fsp3) is 0.417. The molecule has 0 unspecified atom stereocenters. The molecule has 2 aromatic rings. The lowest BCUT2D eigenvalue weighted by Gasteiger charge is -2.33. The van der Waals surface area contributed by atoms with Gasteiger partial charge in [0.05, 0.1) is 20.1 Å². The minimum absolute atomic E-state index is 0.0684. The number of carbonyl (C=O) groups is 2. The van der Waals surface area contributed by atoms with E-state index in [1.807, 2.05) is 47.4 Å². The van der Waals surface area contributed by atoms with Gasteiger partial charge in [-0.15, -0.1) is 0 Å². The van der Waals surface area contributed by atoms with Gasteiger partial charge in [0.25, 0.3) is 0 Å². The number of piperidine rings is 1. The summed E-state index contributed by atoms with van der Waals surface area (Å²) in [6.07, 6.45) is 1.67. The fourth-order valence-corrected chi connectivity index (χ4v) is 4.02. The first-order valence-corrected chi connectivity index (χ1v) is 10.9. The van der Waals surface area contributed by atoms with Crippen LogP contribution in [0.5, 0.6) is 11.5 Å². The van der Waals surface area contributed by atoms with Crippen LogP contribution in [0.4, 0.5) is 0 Å². The van der Waals surface area contributed by atoms with Crippen LogP contribution in [0, 0.1) is 5.92 Å². The molecule has 0 N–H and O–H groups in total. The highest BCUT2D eigenvalue weighted by atomic mass is 35.5. The van der Waals surface area contributed by atoms with Gasteiger partial charge in [0.15, 0.2) is 0 Å². The number of benzene rings is 2. The highest BCUT2D eigenvalue weighted by molar-refractivity contribution is 6.30. The molecular formula is C24H29ClN2O4. The molecule has 0 bridgehead atoms. The first-order chi connectivity index (χ1) is 15.0. The molecule has 0 aliphatic carbocycles. The zero-order chi connectivity index (χ0) is 22.2. The maximum atomic E-state index is 12.9. The number of halogens is 1. The molecule has 0 atom stereocenters. The van der Waals surface area contributed by atoms with Crippen LogP contribution in [0.2, 0.25) is 5.02 Å². The Morgan fingerprint density at radius 1 is 1.13 bits per heavy atom. The third-order valence-electron chi connectivity index (χ3n) is 5.55. The number of para-hydroxylation sites is 1. The first-order valence-electron chi connectivity index (χ1n) is 10.5. The van der Waals surface area contributed by atoms with Crippen molar-refractivity contribution in [2.24, 2.45) is 5.92 Å². The van der Waals surface area contributed by atoms with Gasteiger partial charge in [-0.25, -0.2) is 0 Å². The summed E-state index contributed by atoms with van der Waals surface area (Å²) in [6.45, 7) is 1.97. The van der Waals surface area contributed by atoms with E-state index < -0.39 is 0 Å². The summed E-state index contributed by atoms with van der Waals surface area (Å²) in [4.78, 5) is 28.9. The van der Waals surface area contributed by atoms with Gasteiger partial charge in [0.1, 0.15) is 11.5 Å². The van der Waals surface area contributed by atoms with Crippen molar-refractivity contribution in [1.29, 1.82) is 0 Å². The molecule has 0 saturated carbocycles. The van der Waals surface area contributed by atoms with Crippen molar-refractivity contribution in [2.75, 3.05) is 33.9 Å². The molecule has 166 valence electrons. The summed E-state index contributed by atoms with van der Waals surface area (Å²) in [5.74, 6) is 1.54. The minimum Gasteiger partial charge on any atom is -0.496 e. The van der Waals surface area contributed by atoms with Crippen LogP contribution >= 0.6 is 11.6 Å². The second-order valence-corrected chi connectivity index (χ2v) is 8.15. The lowest BCUT2D eigenvalue weighted by Crippen LogP contribution is -2.43. The summed E-state index contributed by atoms with van der Waals surface area (Å²) in [5, 5.41) is 0.611. The molecule has 3 rings (SSSR count). The van der Waals surface area contributed by atoms with E-state index in [4.69, 9.17) is 21.1 Å². The van der Waals surface area contributed by atoms with Crippen LogP contribution in [-0.4, -0.2) is 55.5 Å². The van der Waals surface area contributed by atoms with Crippen LogP contribution in [0.3, 0.4) is 0 Å². The van der Waals surface area contributed by atoms with Gasteiger partial charge in [-0.2, -0.15) is 0 Å². The summed E-state index contributed by atoms with van der Waals surface area (Å²) >= 11 is 6.10. The minimum atomic E-state index is -0.0835. The molecule has 7 heteroatoms. The third-order valence-corrected chi connectivity index (χ3v) is 5.79. The lowest BCUT2D eigenvalue weighted by atomic mass is 9.95. The molecule has 2 aromatic carbocycles. The summed E-state index contributed by atoms with van der Waals surface area (Å²) < 4.78 is 11.0. The van der Waals surface area contributed by atoms with Crippen molar-refractivity contribution in [2.45, 2.75) is 25.8 Å². The van der Waals surface area contributed by atoms with Gasteiger partial charge in [0.2, 0.25) is 11.8 Å². The Morgan fingerprint density at radius 2 is 1.84 bits per heavy atom. The Balaban J connectivity index is 1.44. The van der Waals surface area contributed by atoms with Crippen molar-refractivity contribution in [3.8, 4) is 11.5 Å². The third kappa shape index (κ3) is 6.37. The number of carbonyl (C=O) groups excluding carboxylic acids is 2. The van der Waals surface area contributed by atoms with Gasteiger partial charge < -0.3 is 19.3 Å². The van der Waals surface area contributed by atoms with E-state index in [1.54, 1.807) is 25.1 Å². The number of rotatable bonds is 8. The normalized spacial score (nSPS) is 14.2. The molecule has 1 heterocycles. The molecule has 2 amide bonds. The monoisotopic (exact) mass is 444 g/mol. The van der Waals surface area contributed by atoms with Crippen LogP contribution in [-0.2, 0) is 16.1 Å². The average molecular weight is 445 g/mol. The molecule has 1 aliphatic heterocycles. The van der Waals surface area contributed by atoms with Crippen molar-refractivity contribution in [3.05, 3.63) is 59.1 Å². The maximum absolute atomic E-state index is 12.9. The van der Waals surface area contributed by atoms with Crippen molar-refractivity contribution >= 4 is 23.4 Å². The highest BCUT2D eigenvalue weighted by Crippen LogP contribution is 2.26. The molecule has 0 aromatic heterocycles. The van der Waals surface area contributed by atoms with E-state index in [-0.39, 0.29) is 17.7 Å². The van der Waals surface area contributed by atoms with Gasteiger partial charge >= 0.3 is 0 Å². The number of likely N-dealkylation sites (tertiary alicyclic amines) is 1. The fourth-order valence-electron chi connectivity index (χ4n) is 3.82. The van der Waals surface area contributed by atoms with E-state index in [0.29, 0.717) is 56.3 Å². The van der Waals surface area contributed by atoms with E-state index in [1.165, 1.54) is 0 Å². The van der Waals surface area contributed by atoms with E-state index in [2.05, 4.69) is 0 Å². The van der Waals surface area contributed by atoms with Gasteiger partial charge in [-0.1, -0.05) is 29.8 Å². The molecule has 0 radical (unpaired) electrons. The Morgan fingerprint density at radius 3 is 2.52 bits per heavy atom. The average Bonchev–Trinajstić information content (AvgIpc) is 2.79. The second kappa shape index (κ2) is 11.0. The van der Waals surface area contributed by atoms with E-state index in [9.17, 15) is 9.59 Å². The summed E-state index contributed by atoms with van der Waals surface area (Å²) in [6, 6.07) is 14.9. The van der Waals surface area contributed by atoms with Crippen LogP contribution in [0.1, 0.15) is 24.8 Å². The Hall–Kier alpha value is -2.73. The standard InChI is InChI=1S/C24H29ClN2O4/c1-26(17-19-16-20(25)8-9-22(19)30-2)24(29)18-10-13-27(14-11-18)23(28)12-15-31-21-6-4-3-5-7-21/h3-9,16,18H,10-15,17H2,1-2H3. The largest absolute Gasteiger partial charge is 0.496 e. The zero-order valence-corrected chi connectivity index (χ0v) is 18.8. The zero-order valence-electron chi connectivity index (χ0n) is 18.1. The van der Waals surface area contributed by atoms with Gasteiger partial charge in [-0.05, 0) is 43.2 Å². The van der Waals surface area contributed by atoms with Crippen molar-refractivity contribution in [1.82, 2.24) is 9.80 Å². The van der Waals surface area contributed by atoms with E-state index >= 15 is 0 Å². The van der Waals surface area contributed by atoms with Crippen molar-refractivity contribution in [3.63, 3.8) is 0 Å². The molecule has 1 saturated heterocycles. The quantitative estimate of drug-likeness (QED) is 0.617. The highest BCUT2D eigenvalue weighted by Gasteiger charge is 2.29. The number of ether oxygens (including phenoxy) is 2. The van der Waals surface area contributed by atoms with Gasteiger partial charge in [0, 0.05) is 43.2 Å². The predicted octanol–water partition coefficient (Wildman–Crippen LogP) is 4.01. The molecule has 31 heavy (non-hydrogen) atoms. The number of amides is 2. The lowest BCUT2D eigenvalue weighted by molar-refractivity contribution is -0.140. The SMILES string of the molecule is COc1ccc(Cl)cc1CN(C)C(=O)C1CCN(C(=O)CCOc2ccccc2)CC1. The first kappa shape index (κ1) is 22.9. The topological polar surface area (TPSA) is 59.1 Å². The molecule has 1 aliphatic rings. The van der Waals surface area contributed by atoms with Crippen LogP contribution < -0.4 is 9.47 Å². The van der Waals surface area contributed by atoms with Crippen LogP contribution in [0.25, 0.3) is 0 Å². The predicted molar refractivity (Wildman–Crippen MR) is 120 cm³/mol. The molecule has 6 nitrogen and oxygen atoms in total. The molecular weight excluding hydrogens is 416 g/mol. The maximum Gasteiger partial charge on any atom is 0.225 e. The Bertz CT molecular complexity index is 882. The second-order valence-electron chi connectivity index (χ2n) is 7.72. The summed E-state index contributed by atoms with van der Waals surface area (Å²) in [5.41, 5.74) is 0.872. The Kier molecular flexibility index (Phi) is 8.18. The summed E-state index contributed by atoms with van der Waals surface area (Å²) in [7, 11) is 3.40. The van der Waals surface area contributed by atoms with E-state index in [0.717, 1.165) is 11.3 Å². The Labute approximate surface area is 188 Å². The number of hydrogen-bond donors (Lipinski definition) is 0. The molecule has 0 spiro atoms. The number of nitrogens with zero attached hydrogens (tertiary/aromatic N) is 2. The number of methoxy groups -OCH3 is 1.